The average molecular weight is 405 g/mol. The van der Waals surface area contributed by atoms with Gasteiger partial charge in [-0.05, 0) is 38.5 Å². The van der Waals surface area contributed by atoms with Crippen molar-refractivity contribution in [3.63, 3.8) is 0 Å². The first-order valence-corrected chi connectivity index (χ1v) is 10.5. The summed E-state index contributed by atoms with van der Waals surface area (Å²) in [4.78, 5) is 23.6. The SMILES string of the molecule is CCC(O)CCCCC(=O)OCC(C)(CO)COC(=O)CCCCC(O)CC. The molecule has 0 amide bonds. The Hall–Kier alpha value is -1.18. The second-order valence-electron chi connectivity index (χ2n) is 7.91. The van der Waals surface area contributed by atoms with Crippen molar-refractivity contribution in [2.75, 3.05) is 19.8 Å². The lowest BCUT2D eigenvalue weighted by Crippen LogP contribution is -2.35. The van der Waals surface area contributed by atoms with Gasteiger partial charge >= 0.3 is 11.9 Å². The quantitative estimate of drug-likeness (QED) is 0.252. The Morgan fingerprint density at radius 3 is 1.54 bits per heavy atom. The molecule has 0 heterocycles. The van der Waals surface area contributed by atoms with Crippen LogP contribution in [0.4, 0.5) is 0 Å². The molecular formula is C21H40O7. The number of aliphatic hydroxyl groups excluding tert-OH is 3. The minimum atomic E-state index is -0.831. The molecule has 2 unspecified atom stereocenters. The van der Waals surface area contributed by atoms with Crippen molar-refractivity contribution in [2.45, 2.75) is 97.2 Å². The lowest BCUT2D eigenvalue weighted by molar-refractivity contribution is -0.155. The average Bonchev–Trinajstić information content (AvgIpc) is 2.70. The van der Waals surface area contributed by atoms with Crippen LogP contribution in [0, 0.1) is 5.41 Å². The first-order valence-electron chi connectivity index (χ1n) is 10.5. The highest BCUT2D eigenvalue weighted by Gasteiger charge is 2.27. The van der Waals surface area contributed by atoms with Crippen molar-refractivity contribution in [3.05, 3.63) is 0 Å². The van der Waals surface area contributed by atoms with Gasteiger partial charge in [0.15, 0.2) is 0 Å². The van der Waals surface area contributed by atoms with Crippen molar-refractivity contribution >= 4 is 11.9 Å². The van der Waals surface area contributed by atoms with Gasteiger partial charge in [0.2, 0.25) is 0 Å². The highest BCUT2D eigenvalue weighted by molar-refractivity contribution is 5.69. The molecule has 0 rings (SSSR count). The Labute approximate surface area is 169 Å². The molecule has 0 spiro atoms. The Morgan fingerprint density at radius 2 is 1.21 bits per heavy atom. The third kappa shape index (κ3) is 13.9. The fraction of sp³-hybridized carbons (Fsp3) is 0.905. The van der Waals surface area contributed by atoms with Crippen molar-refractivity contribution in [3.8, 4) is 0 Å². The maximum absolute atomic E-state index is 11.8. The maximum atomic E-state index is 11.8. The van der Waals surface area contributed by atoms with Crippen LogP contribution in [0.1, 0.15) is 85.0 Å². The van der Waals surface area contributed by atoms with Crippen molar-refractivity contribution in [1.29, 1.82) is 0 Å². The number of hydrogen-bond donors (Lipinski definition) is 3. The van der Waals surface area contributed by atoms with Crippen LogP contribution in [0.5, 0.6) is 0 Å². The van der Waals surface area contributed by atoms with Gasteiger partial charge in [0, 0.05) is 12.8 Å². The predicted octanol–water partition coefficient (Wildman–Crippen LogP) is 2.73. The fourth-order valence-electron chi connectivity index (χ4n) is 2.49. The van der Waals surface area contributed by atoms with Crippen LogP contribution in [0.15, 0.2) is 0 Å². The van der Waals surface area contributed by atoms with E-state index in [1.165, 1.54) is 0 Å². The Bertz CT molecular complexity index is 391. The first-order chi connectivity index (χ1) is 13.3. The smallest absolute Gasteiger partial charge is 0.305 e. The van der Waals surface area contributed by atoms with Crippen LogP contribution < -0.4 is 0 Å². The lowest BCUT2D eigenvalue weighted by Gasteiger charge is -2.26. The summed E-state index contributed by atoms with van der Waals surface area (Å²) in [5.74, 6) is -0.710. The molecule has 0 aliphatic heterocycles. The van der Waals surface area contributed by atoms with Gasteiger partial charge < -0.3 is 24.8 Å². The summed E-state index contributed by atoms with van der Waals surface area (Å²) < 4.78 is 10.4. The van der Waals surface area contributed by atoms with Gasteiger partial charge in [0.05, 0.1) is 24.2 Å². The molecule has 0 fully saturated rings. The largest absolute Gasteiger partial charge is 0.465 e. The Balaban J connectivity index is 4.00. The van der Waals surface area contributed by atoms with E-state index in [2.05, 4.69) is 0 Å². The van der Waals surface area contributed by atoms with E-state index in [-0.39, 0.29) is 56.8 Å². The molecule has 0 saturated heterocycles. The van der Waals surface area contributed by atoms with Gasteiger partial charge in [-0.3, -0.25) is 9.59 Å². The number of carbonyl (C=O) groups excluding carboxylic acids is 2. The first kappa shape index (κ1) is 26.8. The zero-order valence-corrected chi connectivity index (χ0v) is 17.8. The predicted molar refractivity (Wildman–Crippen MR) is 107 cm³/mol. The summed E-state index contributed by atoms with van der Waals surface area (Å²) in [6, 6.07) is 0. The molecule has 2 atom stereocenters. The standard InChI is InChI=1S/C21H40O7/c1-4-17(23)10-6-8-12-19(25)27-15-21(3,14-22)16-28-20(26)13-9-7-11-18(24)5-2/h17-18,22-24H,4-16H2,1-3H3. The number of hydrogen-bond acceptors (Lipinski definition) is 7. The van der Waals surface area contributed by atoms with E-state index < -0.39 is 5.41 Å². The molecule has 0 aromatic rings. The third-order valence-corrected chi connectivity index (χ3v) is 4.82. The van der Waals surface area contributed by atoms with Gasteiger partial charge in [-0.25, -0.2) is 0 Å². The zero-order chi connectivity index (χ0) is 21.4. The van der Waals surface area contributed by atoms with E-state index in [9.17, 15) is 24.9 Å². The summed E-state index contributed by atoms with van der Waals surface area (Å²) in [6.45, 7) is 5.23. The summed E-state index contributed by atoms with van der Waals surface area (Å²) in [7, 11) is 0. The number of ether oxygens (including phenoxy) is 2. The number of esters is 2. The molecule has 28 heavy (non-hydrogen) atoms. The molecule has 0 radical (unpaired) electrons. The van der Waals surface area contributed by atoms with Crippen LogP contribution >= 0.6 is 0 Å². The monoisotopic (exact) mass is 404 g/mol. The molecule has 0 aliphatic carbocycles. The van der Waals surface area contributed by atoms with Gasteiger partial charge in [0.1, 0.15) is 13.2 Å². The van der Waals surface area contributed by atoms with Gasteiger partial charge in [-0.1, -0.05) is 33.6 Å². The van der Waals surface area contributed by atoms with Crippen LogP contribution in [-0.4, -0.2) is 59.3 Å². The Morgan fingerprint density at radius 1 is 0.821 bits per heavy atom. The molecule has 3 N–H and O–H groups in total. The van der Waals surface area contributed by atoms with Gasteiger partial charge in [-0.2, -0.15) is 0 Å². The molecule has 166 valence electrons. The molecule has 0 aromatic carbocycles. The maximum Gasteiger partial charge on any atom is 0.305 e. The van der Waals surface area contributed by atoms with E-state index in [4.69, 9.17) is 9.47 Å². The third-order valence-electron chi connectivity index (χ3n) is 4.82. The van der Waals surface area contributed by atoms with Gasteiger partial charge in [-0.15, -0.1) is 0 Å². The molecule has 0 aromatic heterocycles. The van der Waals surface area contributed by atoms with E-state index in [1.807, 2.05) is 13.8 Å². The zero-order valence-electron chi connectivity index (χ0n) is 17.8. The minimum Gasteiger partial charge on any atom is -0.465 e. The number of rotatable bonds is 17. The van der Waals surface area contributed by atoms with Crippen molar-refractivity contribution in [2.24, 2.45) is 5.41 Å². The van der Waals surface area contributed by atoms with Crippen molar-refractivity contribution in [1.82, 2.24) is 0 Å². The molecular weight excluding hydrogens is 364 g/mol. The summed E-state index contributed by atoms with van der Waals surface area (Å²) >= 11 is 0. The summed E-state index contributed by atoms with van der Waals surface area (Å²) in [5.41, 5.74) is -0.831. The topological polar surface area (TPSA) is 113 Å². The second-order valence-corrected chi connectivity index (χ2v) is 7.91. The van der Waals surface area contributed by atoms with Crippen LogP contribution in [0.2, 0.25) is 0 Å². The highest BCUT2D eigenvalue weighted by atomic mass is 16.5. The highest BCUT2D eigenvalue weighted by Crippen LogP contribution is 2.18. The number of unbranched alkanes of at least 4 members (excludes halogenated alkanes) is 2. The number of aliphatic hydroxyl groups is 3. The van der Waals surface area contributed by atoms with E-state index in [0.29, 0.717) is 38.5 Å². The normalized spacial score (nSPS) is 15.5. The second kappa shape index (κ2) is 15.7. The number of carbonyl (C=O) groups is 2. The Kier molecular flexibility index (Phi) is 15.0. The minimum absolute atomic E-state index is 0.0180. The van der Waals surface area contributed by atoms with Crippen molar-refractivity contribution < 1.29 is 34.4 Å². The lowest BCUT2D eigenvalue weighted by atomic mass is 9.94. The van der Waals surface area contributed by atoms with Gasteiger partial charge in [0.25, 0.3) is 0 Å². The van der Waals surface area contributed by atoms with Crippen LogP contribution in [0.25, 0.3) is 0 Å². The summed E-state index contributed by atoms with van der Waals surface area (Å²) in [5, 5.41) is 28.5. The fourth-order valence-corrected chi connectivity index (χ4v) is 2.49. The molecule has 0 aliphatic rings. The molecule has 0 saturated carbocycles. The molecule has 7 nitrogen and oxygen atoms in total. The van der Waals surface area contributed by atoms with Crippen LogP contribution in [0.3, 0.4) is 0 Å². The van der Waals surface area contributed by atoms with E-state index in [1.54, 1.807) is 6.92 Å². The molecule has 7 heteroatoms. The van der Waals surface area contributed by atoms with E-state index in [0.717, 1.165) is 12.8 Å². The summed E-state index contributed by atoms with van der Waals surface area (Å²) in [6.07, 6.45) is 5.46. The van der Waals surface area contributed by atoms with E-state index >= 15 is 0 Å². The molecule has 0 bridgehead atoms. The van der Waals surface area contributed by atoms with Crippen LogP contribution in [-0.2, 0) is 19.1 Å².